The van der Waals surface area contributed by atoms with Crippen LogP contribution in [0.25, 0.3) is 0 Å². The molecule has 1 aromatic heterocycles. The van der Waals surface area contributed by atoms with Crippen LogP contribution in [0.3, 0.4) is 0 Å². The van der Waals surface area contributed by atoms with Crippen LogP contribution in [-0.4, -0.2) is 53.5 Å². The van der Waals surface area contributed by atoms with Crippen molar-refractivity contribution in [1.29, 1.82) is 0 Å². The molecule has 0 radical (unpaired) electrons. The number of hydrogen-bond donors (Lipinski definition) is 2. The number of aromatic nitrogens is 1. The topological polar surface area (TPSA) is 97.9 Å². The number of rotatable bonds is 10. The summed E-state index contributed by atoms with van der Waals surface area (Å²) in [4.78, 5) is 48.0. The highest BCUT2D eigenvalue weighted by molar-refractivity contribution is 5.89. The SMILES string of the molecule is C=C1CC(C)(N(CC(/C=C\C)=C/C#CC)C(=O)NC=O)C/C1=C/C(=C\C)NC(=O)CN1CN(c2ccccn2)c2ccccc21. The summed E-state index contributed by atoms with van der Waals surface area (Å²) in [5.41, 5.74) is 4.56. The number of hydrogen-bond acceptors (Lipinski definition) is 6. The zero-order chi connectivity index (χ0) is 32.4. The lowest BCUT2D eigenvalue weighted by Crippen LogP contribution is -2.52. The van der Waals surface area contributed by atoms with E-state index in [0.717, 1.165) is 33.9 Å². The Morgan fingerprint density at radius 1 is 1.13 bits per heavy atom. The first-order valence-corrected chi connectivity index (χ1v) is 14.9. The maximum Gasteiger partial charge on any atom is 0.324 e. The van der Waals surface area contributed by atoms with Crippen molar-refractivity contribution in [2.75, 3.05) is 29.6 Å². The minimum atomic E-state index is -0.659. The molecule has 232 valence electrons. The van der Waals surface area contributed by atoms with Crippen molar-refractivity contribution in [2.24, 2.45) is 0 Å². The van der Waals surface area contributed by atoms with E-state index < -0.39 is 11.6 Å². The fourth-order valence-corrected chi connectivity index (χ4v) is 5.74. The van der Waals surface area contributed by atoms with Crippen molar-refractivity contribution in [3.63, 3.8) is 0 Å². The van der Waals surface area contributed by atoms with Crippen LogP contribution < -0.4 is 20.4 Å². The van der Waals surface area contributed by atoms with Crippen molar-refractivity contribution in [1.82, 2.24) is 20.5 Å². The average Bonchev–Trinajstić information content (AvgIpc) is 3.54. The summed E-state index contributed by atoms with van der Waals surface area (Å²) in [6, 6.07) is 13.3. The minimum Gasteiger partial charge on any atom is -0.342 e. The van der Waals surface area contributed by atoms with Crippen LogP contribution in [0, 0.1) is 11.8 Å². The lowest BCUT2D eigenvalue weighted by atomic mass is 9.96. The molecule has 1 aliphatic heterocycles. The Labute approximate surface area is 265 Å². The Kier molecular flexibility index (Phi) is 10.8. The van der Waals surface area contributed by atoms with Crippen LogP contribution in [-0.2, 0) is 9.59 Å². The fourth-order valence-electron chi connectivity index (χ4n) is 5.74. The number of nitrogens with zero attached hydrogens (tertiary/aromatic N) is 4. The number of allylic oxidation sites excluding steroid dienone is 4. The number of benzene rings is 1. The molecule has 2 aliphatic rings. The second kappa shape index (κ2) is 14.9. The second-order valence-corrected chi connectivity index (χ2v) is 11.1. The van der Waals surface area contributed by atoms with E-state index in [-0.39, 0.29) is 19.0 Å². The normalized spacial score (nSPS) is 18.9. The van der Waals surface area contributed by atoms with E-state index in [2.05, 4.69) is 38.9 Å². The Bertz CT molecular complexity index is 1630. The Balaban J connectivity index is 1.49. The molecule has 1 aliphatic carbocycles. The molecule has 45 heavy (non-hydrogen) atoms. The van der Waals surface area contributed by atoms with E-state index in [9.17, 15) is 14.4 Å². The molecule has 2 aromatic rings. The number of amides is 4. The summed E-state index contributed by atoms with van der Waals surface area (Å²) >= 11 is 0. The van der Waals surface area contributed by atoms with Crippen LogP contribution in [0.1, 0.15) is 40.5 Å². The largest absolute Gasteiger partial charge is 0.342 e. The highest BCUT2D eigenvalue weighted by atomic mass is 16.2. The average molecular weight is 605 g/mol. The van der Waals surface area contributed by atoms with E-state index in [1.54, 1.807) is 24.1 Å². The molecule has 0 saturated heterocycles. The number of imide groups is 1. The van der Waals surface area contributed by atoms with Gasteiger partial charge in [-0.3, -0.25) is 14.9 Å². The molecule has 1 saturated carbocycles. The third-order valence-corrected chi connectivity index (χ3v) is 7.83. The van der Waals surface area contributed by atoms with Crippen LogP contribution in [0.15, 0.2) is 108 Å². The molecule has 2 N–H and O–H groups in total. The number of nitrogens with one attached hydrogen (secondary N) is 2. The predicted octanol–water partition coefficient (Wildman–Crippen LogP) is 5.75. The number of carbonyl (C=O) groups is 3. The molecule has 1 atom stereocenters. The predicted molar refractivity (Wildman–Crippen MR) is 179 cm³/mol. The standard InChI is InChI=1S/C36H40N6O3/c1-6-9-15-28(14-7-2)23-42(35(45)38-25-43)36(5)21-27(4)29(22-36)20-30(8-3)39-34(44)24-40-26-41(33-18-12-13-19-37-33)32-17-11-10-16-31(32)40/h7-8,10-20,25H,4,21-24,26H2,1-3,5H3,(H,39,44)(H,38,43,45)/b14-7-,28-15+,29-20-,30-8+. The number of fused-ring (bicyclic) bond motifs is 1. The van der Waals surface area contributed by atoms with Gasteiger partial charge in [0.05, 0.1) is 30.1 Å². The quantitative estimate of drug-likeness (QED) is 0.204. The van der Waals surface area contributed by atoms with E-state index in [1.165, 1.54) is 0 Å². The van der Waals surface area contributed by atoms with Gasteiger partial charge in [-0.15, -0.1) is 5.92 Å². The van der Waals surface area contributed by atoms with Crippen LogP contribution in [0.5, 0.6) is 0 Å². The van der Waals surface area contributed by atoms with Crippen LogP contribution >= 0.6 is 0 Å². The van der Waals surface area contributed by atoms with Crippen LogP contribution in [0.2, 0.25) is 0 Å². The molecule has 1 aromatic carbocycles. The van der Waals surface area contributed by atoms with Crippen molar-refractivity contribution in [3.05, 3.63) is 108 Å². The molecular formula is C36H40N6O3. The van der Waals surface area contributed by atoms with Gasteiger partial charge in [0.25, 0.3) is 0 Å². The third-order valence-electron chi connectivity index (χ3n) is 7.83. The van der Waals surface area contributed by atoms with Gasteiger partial charge in [-0.25, -0.2) is 9.78 Å². The van der Waals surface area contributed by atoms with Gasteiger partial charge in [-0.1, -0.05) is 48.9 Å². The Hall–Kier alpha value is -5.36. The van der Waals surface area contributed by atoms with E-state index in [0.29, 0.717) is 31.6 Å². The molecule has 1 fully saturated rings. The van der Waals surface area contributed by atoms with E-state index in [1.807, 2.05) is 92.4 Å². The maximum absolute atomic E-state index is 13.3. The number of pyridine rings is 1. The van der Waals surface area contributed by atoms with Gasteiger partial charge in [-0.05, 0) is 93.7 Å². The Morgan fingerprint density at radius 3 is 2.56 bits per heavy atom. The maximum atomic E-state index is 13.3. The smallest absolute Gasteiger partial charge is 0.324 e. The molecule has 4 rings (SSSR count). The lowest BCUT2D eigenvalue weighted by molar-refractivity contribution is -0.119. The lowest BCUT2D eigenvalue weighted by Gasteiger charge is -2.38. The zero-order valence-corrected chi connectivity index (χ0v) is 26.3. The molecule has 9 nitrogen and oxygen atoms in total. The summed E-state index contributed by atoms with van der Waals surface area (Å²) in [6.45, 7) is 12.7. The first-order chi connectivity index (χ1) is 21.7. The molecule has 0 bridgehead atoms. The Morgan fingerprint density at radius 2 is 1.89 bits per heavy atom. The number of urea groups is 1. The second-order valence-electron chi connectivity index (χ2n) is 11.1. The van der Waals surface area contributed by atoms with Crippen molar-refractivity contribution in [2.45, 2.75) is 46.1 Å². The molecular weight excluding hydrogens is 564 g/mol. The molecule has 1 unspecified atom stereocenters. The summed E-state index contributed by atoms with van der Waals surface area (Å²) in [7, 11) is 0. The summed E-state index contributed by atoms with van der Waals surface area (Å²) < 4.78 is 0. The van der Waals surface area contributed by atoms with Gasteiger partial charge < -0.3 is 20.0 Å². The van der Waals surface area contributed by atoms with Crippen molar-refractivity contribution in [3.8, 4) is 11.8 Å². The van der Waals surface area contributed by atoms with Gasteiger partial charge in [-0.2, -0.15) is 0 Å². The zero-order valence-electron chi connectivity index (χ0n) is 26.3. The van der Waals surface area contributed by atoms with Crippen LogP contribution in [0.4, 0.5) is 22.0 Å². The van der Waals surface area contributed by atoms with E-state index in [4.69, 9.17) is 0 Å². The van der Waals surface area contributed by atoms with Gasteiger partial charge in [0.15, 0.2) is 0 Å². The van der Waals surface area contributed by atoms with Gasteiger partial charge in [0.2, 0.25) is 12.3 Å². The highest BCUT2D eigenvalue weighted by Gasteiger charge is 2.42. The number of anilines is 3. The van der Waals surface area contributed by atoms with Crippen molar-refractivity contribution >= 4 is 35.5 Å². The molecule has 9 heteroatoms. The molecule has 4 amide bonds. The molecule has 2 heterocycles. The minimum absolute atomic E-state index is 0.153. The number of para-hydroxylation sites is 2. The van der Waals surface area contributed by atoms with E-state index >= 15 is 0 Å². The molecule has 0 spiro atoms. The monoisotopic (exact) mass is 604 g/mol. The highest BCUT2D eigenvalue weighted by Crippen LogP contribution is 2.42. The first-order valence-electron chi connectivity index (χ1n) is 14.9. The van der Waals surface area contributed by atoms with Gasteiger partial charge in [0.1, 0.15) is 5.82 Å². The summed E-state index contributed by atoms with van der Waals surface area (Å²) in [5.74, 6) is 6.46. The summed E-state index contributed by atoms with van der Waals surface area (Å²) in [6.07, 6.45) is 12.5. The third kappa shape index (κ3) is 7.78. The first kappa shape index (κ1) is 32.6. The number of carbonyl (C=O) groups excluding carboxylic acids is 3. The van der Waals surface area contributed by atoms with Gasteiger partial charge >= 0.3 is 6.03 Å². The fraction of sp³-hybridized carbons (Fsp3) is 0.278. The van der Waals surface area contributed by atoms with Gasteiger partial charge in [0, 0.05) is 18.4 Å². The van der Waals surface area contributed by atoms with Crippen molar-refractivity contribution < 1.29 is 14.4 Å². The summed E-state index contributed by atoms with van der Waals surface area (Å²) in [5, 5.41) is 5.36.